The van der Waals surface area contributed by atoms with E-state index in [9.17, 15) is 0 Å². The zero-order valence-corrected chi connectivity index (χ0v) is 11.3. The van der Waals surface area contributed by atoms with Gasteiger partial charge in [0.2, 0.25) is 0 Å². The minimum atomic E-state index is 0.456. The van der Waals surface area contributed by atoms with Crippen LogP contribution in [0.1, 0.15) is 18.9 Å². The third-order valence-electron chi connectivity index (χ3n) is 2.22. The molecule has 0 spiro atoms. The maximum atomic E-state index is 5.85. The van der Waals surface area contributed by atoms with Gasteiger partial charge in [0.25, 0.3) is 0 Å². The Bertz CT molecular complexity index is 479. The molecular formula is C12H14ClN3S. The molecule has 1 heterocycles. The van der Waals surface area contributed by atoms with Crippen LogP contribution in [0.15, 0.2) is 24.3 Å². The molecule has 0 fully saturated rings. The number of nitrogens with zero attached hydrogens (tertiary/aromatic N) is 2. The largest absolute Gasteiger partial charge is 0.308 e. The van der Waals surface area contributed by atoms with Crippen molar-refractivity contribution in [2.75, 3.05) is 0 Å². The predicted octanol–water partition coefficient (Wildman–Crippen LogP) is 3.36. The van der Waals surface area contributed by atoms with Crippen molar-refractivity contribution in [2.24, 2.45) is 0 Å². The molecule has 2 rings (SSSR count). The lowest BCUT2D eigenvalue weighted by atomic mass is 10.2. The minimum Gasteiger partial charge on any atom is -0.308 e. The highest BCUT2D eigenvalue weighted by molar-refractivity contribution is 7.14. The third-order valence-corrected chi connectivity index (χ3v) is 3.44. The van der Waals surface area contributed by atoms with Crippen LogP contribution in [0.5, 0.6) is 0 Å². The van der Waals surface area contributed by atoms with E-state index < -0.39 is 0 Å². The number of nitrogens with one attached hydrogen (secondary N) is 1. The molecule has 5 heteroatoms. The fourth-order valence-electron chi connectivity index (χ4n) is 1.33. The van der Waals surface area contributed by atoms with Crippen molar-refractivity contribution >= 4 is 22.9 Å². The number of benzene rings is 1. The summed E-state index contributed by atoms with van der Waals surface area (Å²) in [6.45, 7) is 4.99. The number of rotatable bonds is 4. The molecule has 1 aromatic carbocycles. The SMILES string of the molecule is CC(C)NCc1nnc(-c2ccc(Cl)cc2)s1. The topological polar surface area (TPSA) is 37.8 Å². The lowest BCUT2D eigenvalue weighted by Crippen LogP contribution is -2.21. The van der Waals surface area contributed by atoms with Gasteiger partial charge in [0.1, 0.15) is 10.0 Å². The molecule has 0 aliphatic heterocycles. The van der Waals surface area contributed by atoms with Crippen LogP contribution < -0.4 is 5.32 Å². The van der Waals surface area contributed by atoms with E-state index in [1.54, 1.807) is 11.3 Å². The van der Waals surface area contributed by atoms with Gasteiger partial charge in [-0.2, -0.15) is 0 Å². The normalized spacial score (nSPS) is 11.1. The summed E-state index contributed by atoms with van der Waals surface area (Å²) in [5.74, 6) is 0. The van der Waals surface area contributed by atoms with Crippen molar-refractivity contribution < 1.29 is 0 Å². The summed E-state index contributed by atoms with van der Waals surface area (Å²) in [6.07, 6.45) is 0. The molecule has 0 radical (unpaired) electrons. The Balaban J connectivity index is 2.10. The molecule has 3 nitrogen and oxygen atoms in total. The van der Waals surface area contributed by atoms with E-state index in [0.29, 0.717) is 6.04 Å². The highest BCUT2D eigenvalue weighted by atomic mass is 35.5. The Hall–Kier alpha value is -0.970. The summed E-state index contributed by atoms with van der Waals surface area (Å²) >= 11 is 7.45. The van der Waals surface area contributed by atoms with Gasteiger partial charge >= 0.3 is 0 Å². The second kappa shape index (κ2) is 5.58. The van der Waals surface area contributed by atoms with E-state index in [1.807, 2.05) is 24.3 Å². The van der Waals surface area contributed by atoms with Gasteiger partial charge in [-0.3, -0.25) is 0 Å². The van der Waals surface area contributed by atoms with Crippen LogP contribution in [0.25, 0.3) is 10.6 Å². The molecule has 0 amide bonds. The standard InChI is InChI=1S/C12H14ClN3S/c1-8(2)14-7-11-15-16-12(17-11)9-3-5-10(13)6-4-9/h3-6,8,14H,7H2,1-2H3. The van der Waals surface area contributed by atoms with Crippen molar-refractivity contribution in [1.29, 1.82) is 0 Å². The van der Waals surface area contributed by atoms with Crippen LogP contribution in [0.2, 0.25) is 5.02 Å². The van der Waals surface area contributed by atoms with Crippen LogP contribution in [-0.4, -0.2) is 16.2 Å². The Kier molecular flexibility index (Phi) is 4.10. The number of aromatic nitrogens is 2. The van der Waals surface area contributed by atoms with Crippen LogP contribution in [-0.2, 0) is 6.54 Å². The second-order valence-corrected chi connectivity index (χ2v) is 5.54. The zero-order valence-electron chi connectivity index (χ0n) is 9.77. The van der Waals surface area contributed by atoms with Gasteiger partial charge in [-0.05, 0) is 12.1 Å². The van der Waals surface area contributed by atoms with E-state index in [-0.39, 0.29) is 0 Å². The summed E-state index contributed by atoms with van der Waals surface area (Å²) in [7, 11) is 0. The summed E-state index contributed by atoms with van der Waals surface area (Å²) in [4.78, 5) is 0. The zero-order chi connectivity index (χ0) is 12.3. The molecule has 17 heavy (non-hydrogen) atoms. The molecule has 1 aromatic heterocycles. The lowest BCUT2D eigenvalue weighted by Gasteiger charge is -2.03. The van der Waals surface area contributed by atoms with Crippen molar-refractivity contribution in [3.05, 3.63) is 34.3 Å². The van der Waals surface area contributed by atoms with Crippen molar-refractivity contribution in [2.45, 2.75) is 26.4 Å². The fourth-order valence-corrected chi connectivity index (χ4v) is 2.25. The predicted molar refractivity (Wildman–Crippen MR) is 72.3 cm³/mol. The molecule has 90 valence electrons. The Morgan fingerprint density at radius 2 is 1.94 bits per heavy atom. The smallest absolute Gasteiger partial charge is 0.147 e. The van der Waals surface area contributed by atoms with Gasteiger partial charge in [-0.15, -0.1) is 10.2 Å². The van der Waals surface area contributed by atoms with Crippen LogP contribution >= 0.6 is 22.9 Å². The molecule has 2 aromatic rings. The molecule has 0 unspecified atom stereocenters. The molecule has 1 N–H and O–H groups in total. The second-order valence-electron chi connectivity index (χ2n) is 4.04. The van der Waals surface area contributed by atoms with E-state index in [1.165, 1.54) is 0 Å². The van der Waals surface area contributed by atoms with Crippen molar-refractivity contribution in [1.82, 2.24) is 15.5 Å². The lowest BCUT2D eigenvalue weighted by molar-refractivity contribution is 0.585. The minimum absolute atomic E-state index is 0.456. The molecule has 0 aliphatic rings. The van der Waals surface area contributed by atoms with Crippen molar-refractivity contribution in [3.8, 4) is 10.6 Å². The number of halogens is 1. The summed E-state index contributed by atoms with van der Waals surface area (Å²) in [5.41, 5.74) is 1.06. The van der Waals surface area contributed by atoms with Crippen LogP contribution in [0.4, 0.5) is 0 Å². The van der Waals surface area contributed by atoms with E-state index in [4.69, 9.17) is 11.6 Å². The first-order valence-electron chi connectivity index (χ1n) is 5.47. The monoisotopic (exact) mass is 267 g/mol. The highest BCUT2D eigenvalue weighted by Gasteiger charge is 2.06. The summed E-state index contributed by atoms with van der Waals surface area (Å²) in [6, 6.07) is 8.11. The van der Waals surface area contributed by atoms with E-state index in [0.717, 1.165) is 27.1 Å². The fraction of sp³-hybridized carbons (Fsp3) is 0.333. The average Bonchev–Trinajstić information content (AvgIpc) is 2.76. The molecule has 0 saturated carbocycles. The molecule has 0 bridgehead atoms. The maximum absolute atomic E-state index is 5.85. The Morgan fingerprint density at radius 3 is 2.59 bits per heavy atom. The summed E-state index contributed by atoms with van der Waals surface area (Å²) in [5, 5.41) is 14.3. The molecule has 0 atom stereocenters. The molecular weight excluding hydrogens is 254 g/mol. The highest BCUT2D eigenvalue weighted by Crippen LogP contribution is 2.24. The maximum Gasteiger partial charge on any atom is 0.147 e. The van der Waals surface area contributed by atoms with Gasteiger partial charge in [-0.1, -0.05) is 48.9 Å². The van der Waals surface area contributed by atoms with Crippen LogP contribution in [0.3, 0.4) is 0 Å². The first kappa shape index (κ1) is 12.5. The Morgan fingerprint density at radius 1 is 1.24 bits per heavy atom. The van der Waals surface area contributed by atoms with Gasteiger partial charge in [0.05, 0.1) is 0 Å². The Labute approximate surface area is 110 Å². The first-order chi connectivity index (χ1) is 8.15. The van der Waals surface area contributed by atoms with Gasteiger partial charge < -0.3 is 5.32 Å². The van der Waals surface area contributed by atoms with Gasteiger partial charge in [-0.25, -0.2) is 0 Å². The van der Waals surface area contributed by atoms with E-state index >= 15 is 0 Å². The summed E-state index contributed by atoms with van der Waals surface area (Å²) < 4.78 is 0. The first-order valence-corrected chi connectivity index (χ1v) is 6.66. The quantitative estimate of drug-likeness (QED) is 0.923. The van der Waals surface area contributed by atoms with Gasteiger partial charge in [0, 0.05) is 23.2 Å². The molecule has 0 saturated heterocycles. The molecule has 0 aliphatic carbocycles. The third kappa shape index (κ3) is 3.49. The average molecular weight is 268 g/mol. The van der Waals surface area contributed by atoms with Gasteiger partial charge in [0.15, 0.2) is 0 Å². The number of hydrogen-bond acceptors (Lipinski definition) is 4. The van der Waals surface area contributed by atoms with E-state index in [2.05, 4.69) is 29.4 Å². The van der Waals surface area contributed by atoms with Crippen molar-refractivity contribution in [3.63, 3.8) is 0 Å². The van der Waals surface area contributed by atoms with Crippen LogP contribution in [0, 0.1) is 0 Å². The number of hydrogen-bond donors (Lipinski definition) is 1.